The fraction of sp³-hybridized carbons (Fsp3) is 0.286. The van der Waals surface area contributed by atoms with Crippen molar-refractivity contribution in [1.29, 1.82) is 0 Å². The van der Waals surface area contributed by atoms with Crippen LogP contribution < -0.4 is 14.8 Å². The van der Waals surface area contributed by atoms with Gasteiger partial charge in [0, 0.05) is 12.5 Å². The zero-order chi connectivity index (χ0) is 16.1. The zero-order valence-electron chi connectivity index (χ0n) is 12.4. The number of nitrogens with one attached hydrogen (secondary N) is 1. The Labute approximate surface area is 131 Å². The molecule has 0 saturated heterocycles. The molecule has 7 nitrogen and oxygen atoms in total. The molecule has 1 heterocycles. The number of hydrogen-bond donors (Lipinski definition) is 1. The number of anilines is 1. The second kappa shape index (κ2) is 6.99. The van der Waals surface area contributed by atoms with Crippen molar-refractivity contribution in [3.05, 3.63) is 28.8 Å². The fourth-order valence-electron chi connectivity index (χ4n) is 1.66. The number of carbonyl (C=O) groups is 2. The van der Waals surface area contributed by atoms with Crippen LogP contribution >= 0.6 is 11.3 Å². The Bertz CT molecular complexity index is 699. The molecule has 1 aromatic carbocycles. The van der Waals surface area contributed by atoms with Gasteiger partial charge in [0.15, 0.2) is 11.5 Å². The SMILES string of the molecule is CCc1nnc(NC(=O)c2ccc(OC(C)=O)c(OC)c2)s1. The Morgan fingerprint density at radius 2 is 2.05 bits per heavy atom. The minimum absolute atomic E-state index is 0.260. The molecule has 2 aromatic rings. The van der Waals surface area contributed by atoms with E-state index in [2.05, 4.69) is 15.5 Å². The average molecular weight is 321 g/mol. The van der Waals surface area contributed by atoms with E-state index >= 15 is 0 Å². The van der Waals surface area contributed by atoms with Crippen molar-refractivity contribution in [2.24, 2.45) is 0 Å². The molecular formula is C14H15N3O4S. The number of nitrogens with zero attached hydrogens (tertiary/aromatic N) is 2. The third-order valence-corrected chi connectivity index (χ3v) is 3.65. The lowest BCUT2D eigenvalue weighted by Gasteiger charge is -2.09. The summed E-state index contributed by atoms with van der Waals surface area (Å²) in [5, 5.41) is 11.8. The van der Waals surface area contributed by atoms with Crippen LogP contribution in [0.5, 0.6) is 11.5 Å². The minimum Gasteiger partial charge on any atom is -0.493 e. The van der Waals surface area contributed by atoms with Crippen molar-refractivity contribution in [2.75, 3.05) is 12.4 Å². The first-order valence-electron chi connectivity index (χ1n) is 6.53. The van der Waals surface area contributed by atoms with Crippen LogP contribution in [0.15, 0.2) is 18.2 Å². The van der Waals surface area contributed by atoms with Crippen molar-refractivity contribution in [3.63, 3.8) is 0 Å². The molecule has 0 aliphatic carbocycles. The summed E-state index contributed by atoms with van der Waals surface area (Å²) < 4.78 is 10.1. The number of methoxy groups -OCH3 is 1. The van der Waals surface area contributed by atoms with Gasteiger partial charge in [0.1, 0.15) is 5.01 Å². The van der Waals surface area contributed by atoms with Gasteiger partial charge in [-0.2, -0.15) is 0 Å². The minimum atomic E-state index is -0.462. The van der Waals surface area contributed by atoms with E-state index < -0.39 is 5.97 Å². The zero-order valence-corrected chi connectivity index (χ0v) is 13.2. The molecular weight excluding hydrogens is 306 g/mol. The quantitative estimate of drug-likeness (QED) is 0.671. The van der Waals surface area contributed by atoms with Gasteiger partial charge in [-0.05, 0) is 24.6 Å². The molecule has 0 spiro atoms. The maximum atomic E-state index is 12.2. The van der Waals surface area contributed by atoms with E-state index in [0.717, 1.165) is 11.4 Å². The van der Waals surface area contributed by atoms with Gasteiger partial charge in [0.05, 0.1) is 7.11 Å². The first kappa shape index (κ1) is 15.9. The summed E-state index contributed by atoms with van der Waals surface area (Å²) in [4.78, 5) is 23.2. The number of amides is 1. The third kappa shape index (κ3) is 3.79. The van der Waals surface area contributed by atoms with E-state index in [0.29, 0.717) is 16.4 Å². The van der Waals surface area contributed by atoms with Gasteiger partial charge in [-0.25, -0.2) is 0 Å². The third-order valence-electron chi connectivity index (χ3n) is 2.67. The standard InChI is InChI=1S/C14H15N3O4S/c1-4-12-16-17-14(22-12)15-13(19)9-5-6-10(21-8(2)18)11(7-9)20-3/h5-7H,4H2,1-3H3,(H,15,17,19). The Balaban J connectivity index is 2.17. The molecule has 2 rings (SSSR count). The number of benzene rings is 1. The van der Waals surface area contributed by atoms with Crippen LogP contribution in [-0.2, 0) is 11.2 Å². The fourth-order valence-corrected chi connectivity index (χ4v) is 2.34. The van der Waals surface area contributed by atoms with Crippen LogP contribution in [-0.4, -0.2) is 29.2 Å². The number of rotatable bonds is 5. The molecule has 0 atom stereocenters. The highest BCUT2D eigenvalue weighted by Crippen LogP contribution is 2.28. The second-order valence-electron chi connectivity index (χ2n) is 4.27. The van der Waals surface area contributed by atoms with Gasteiger partial charge < -0.3 is 9.47 Å². The maximum absolute atomic E-state index is 12.2. The first-order valence-corrected chi connectivity index (χ1v) is 7.35. The number of aryl methyl sites for hydroxylation is 1. The molecule has 0 aliphatic heterocycles. The lowest BCUT2D eigenvalue weighted by atomic mass is 10.2. The van der Waals surface area contributed by atoms with Crippen molar-refractivity contribution >= 4 is 28.3 Å². The van der Waals surface area contributed by atoms with Crippen LogP contribution in [0.25, 0.3) is 0 Å². The van der Waals surface area contributed by atoms with Gasteiger partial charge in [0.25, 0.3) is 5.91 Å². The van der Waals surface area contributed by atoms with Gasteiger partial charge in [0.2, 0.25) is 5.13 Å². The predicted octanol–water partition coefficient (Wildman–Crippen LogP) is 2.29. The highest BCUT2D eigenvalue weighted by molar-refractivity contribution is 7.15. The van der Waals surface area contributed by atoms with Crippen LogP contribution in [0, 0.1) is 0 Å². The van der Waals surface area contributed by atoms with Crippen molar-refractivity contribution in [3.8, 4) is 11.5 Å². The molecule has 0 unspecified atom stereocenters. The molecule has 0 bridgehead atoms. The largest absolute Gasteiger partial charge is 0.493 e. The van der Waals surface area contributed by atoms with E-state index in [4.69, 9.17) is 9.47 Å². The maximum Gasteiger partial charge on any atom is 0.308 e. The second-order valence-corrected chi connectivity index (χ2v) is 5.33. The summed E-state index contributed by atoms with van der Waals surface area (Å²) in [6, 6.07) is 4.54. The molecule has 1 amide bonds. The summed E-state index contributed by atoms with van der Waals surface area (Å²) >= 11 is 1.32. The van der Waals surface area contributed by atoms with E-state index in [1.54, 1.807) is 0 Å². The topological polar surface area (TPSA) is 90.4 Å². The Morgan fingerprint density at radius 3 is 2.64 bits per heavy atom. The smallest absolute Gasteiger partial charge is 0.308 e. The van der Waals surface area contributed by atoms with Gasteiger partial charge in [-0.1, -0.05) is 18.3 Å². The summed E-state index contributed by atoms with van der Waals surface area (Å²) in [5.74, 6) is -0.243. The highest BCUT2D eigenvalue weighted by Gasteiger charge is 2.14. The van der Waals surface area contributed by atoms with Gasteiger partial charge in [-0.15, -0.1) is 10.2 Å². The number of esters is 1. The molecule has 0 fully saturated rings. The van der Waals surface area contributed by atoms with Crippen LogP contribution in [0.4, 0.5) is 5.13 Å². The van der Waals surface area contributed by atoms with Gasteiger partial charge in [-0.3, -0.25) is 14.9 Å². The van der Waals surface area contributed by atoms with Crippen LogP contribution in [0.3, 0.4) is 0 Å². The molecule has 1 aromatic heterocycles. The van der Waals surface area contributed by atoms with E-state index in [1.165, 1.54) is 43.6 Å². The highest BCUT2D eigenvalue weighted by atomic mass is 32.1. The number of aromatic nitrogens is 2. The van der Waals surface area contributed by atoms with Crippen molar-refractivity contribution < 1.29 is 19.1 Å². The van der Waals surface area contributed by atoms with Crippen molar-refractivity contribution in [2.45, 2.75) is 20.3 Å². The number of carbonyl (C=O) groups excluding carboxylic acids is 2. The Hall–Kier alpha value is -2.48. The monoisotopic (exact) mass is 321 g/mol. The molecule has 22 heavy (non-hydrogen) atoms. The van der Waals surface area contributed by atoms with Crippen LogP contribution in [0.1, 0.15) is 29.2 Å². The van der Waals surface area contributed by atoms with Crippen LogP contribution in [0.2, 0.25) is 0 Å². The molecule has 0 aliphatic rings. The average Bonchev–Trinajstić information content (AvgIpc) is 2.94. The summed E-state index contributed by atoms with van der Waals surface area (Å²) in [5.41, 5.74) is 0.362. The summed E-state index contributed by atoms with van der Waals surface area (Å²) in [6.07, 6.45) is 0.762. The Morgan fingerprint density at radius 1 is 1.27 bits per heavy atom. The molecule has 116 valence electrons. The van der Waals surface area contributed by atoms with E-state index in [9.17, 15) is 9.59 Å². The molecule has 0 saturated carbocycles. The summed E-state index contributed by atoms with van der Waals surface area (Å²) in [7, 11) is 1.43. The first-order chi connectivity index (χ1) is 10.5. The van der Waals surface area contributed by atoms with Crippen molar-refractivity contribution in [1.82, 2.24) is 10.2 Å². The van der Waals surface area contributed by atoms with Gasteiger partial charge >= 0.3 is 5.97 Å². The molecule has 1 N–H and O–H groups in total. The number of hydrogen-bond acceptors (Lipinski definition) is 7. The lowest BCUT2D eigenvalue weighted by molar-refractivity contribution is -0.132. The summed E-state index contributed by atoms with van der Waals surface area (Å²) in [6.45, 7) is 3.26. The normalized spacial score (nSPS) is 10.1. The molecule has 0 radical (unpaired) electrons. The predicted molar refractivity (Wildman–Crippen MR) is 81.5 cm³/mol. The Kier molecular flexibility index (Phi) is 5.05. The van der Waals surface area contributed by atoms with E-state index in [1.807, 2.05) is 6.92 Å². The number of ether oxygens (including phenoxy) is 2. The lowest BCUT2D eigenvalue weighted by Crippen LogP contribution is -2.12. The van der Waals surface area contributed by atoms with E-state index in [-0.39, 0.29) is 11.7 Å². The molecule has 8 heteroatoms.